The van der Waals surface area contributed by atoms with E-state index < -0.39 is 7.60 Å². The smallest absolute Gasteiger partial charge is 0.352 e. The first kappa shape index (κ1) is 19.7. The third-order valence-corrected chi connectivity index (χ3v) is 5.67. The highest BCUT2D eigenvalue weighted by Crippen LogP contribution is 2.44. The molecule has 0 aliphatic heterocycles. The lowest BCUT2D eigenvalue weighted by molar-refractivity contribution is 0.285. The number of amidine groups is 1. The number of rotatable bonds is 7. The molecule has 1 aromatic heterocycles. The van der Waals surface area contributed by atoms with Crippen LogP contribution >= 0.6 is 19.4 Å². The van der Waals surface area contributed by atoms with Gasteiger partial charge in [0.2, 0.25) is 5.58 Å². The number of benzene rings is 1. The lowest BCUT2D eigenvalue weighted by Gasteiger charge is -2.19. The number of aromatic amines is 1. The van der Waals surface area contributed by atoms with E-state index in [0.29, 0.717) is 5.69 Å². The first-order valence-electron chi connectivity index (χ1n) is 7.83. The van der Waals surface area contributed by atoms with Crippen LogP contribution in [0.4, 0.5) is 5.69 Å². The highest BCUT2D eigenvalue weighted by Gasteiger charge is 2.29. The summed E-state index contributed by atoms with van der Waals surface area (Å²) < 4.78 is 17.5. The fraction of sp³-hybridized carbons (Fsp3) is 0.375. The van der Waals surface area contributed by atoms with Gasteiger partial charge in [-0.15, -0.1) is 11.8 Å². The molecule has 136 valence electrons. The normalized spacial score (nSPS) is 15.6. The number of nitrogens with one attached hydrogen (secondary N) is 2. The predicted molar refractivity (Wildman–Crippen MR) is 103 cm³/mol. The van der Waals surface area contributed by atoms with Crippen LogP contribution in [0.5, 0.6) is 0 Å². The van der Waals surface area contributed by atoms with Crippen LogP contribution in [0.2, 0.25) is 0 Å². The van der Waals surface area contributed by atoms with E-state index in [9.17, 15) is 9.46 Å². The van der Waals surface area contributed by atoms with Gasteiger partial charge < -0.3 is 19.7 Å². The third kappa shape index (κ3) is 5.19. The molecule has 0 radical (unpaired) electrons. The molecule has 0 fully saturated rings. The maximum atomic E-state index is 12.5. The zero-order valence-electron chi connectivity index (χ0n) is 14.7. The average Bonchev–Trinajstić information content (AvgIpc) is 3.10. The van der Waals surface area contributed by atoms with Crippen LogP contribution in [-0.4, -0.2) is 38.7 Å². The second-order valence-corrected chi connectivity index (χ2v) is 8.25. The van der Waals surface area contributed by atoms with Crippen molar-refractivity contribution in [2.75, 3.05) is 12.9 Å². The Bertz CT molecular complexity index is 780. The Balaban J connectivity index is 2.39. The highest BCUT2D eigenvalue weighted by atomic mass is 32.2. The molecular weight excluding hydrogens is 359 g/mol. The van der Waals surface area contributed by atoms with E-state index >= 15 is 0 Å². The zero-order valence-corrected chi connectivity index (χ0v) is 16.4. The summed E-state index contributed by atoms with van der Waals surface area (Å²) in [7, 11) is -4.01. The zero-order chi connectivity index (χ0) is 18.4. The first-order chi connectivity index (χ1) is 11.9. The minimum Gasteiger partial charge on any atom is -0.352 e. The Labute approximate surface area is 151 Å². The lowest BCUT2D eigenvalue weighted by atomic mass is 10.1. The Morgan fingerprint density at radius 1 is 1.56 bits per heavy atom. The van der Waals surface area contributed by atoms with Gasteiger partial charge in [-0.05, 0) is 44.7 Å². The summed E-state index contributed by atoms with van der Waals surface area (Å²) in [6, 6.07) is 5.62. The summed E-state index contributed by atoms with van der Waals surface area (Å²) in [4.78, 5) is 21.7. The van der Waals surface area contributed by atoms with E-state index in [1.807, 2.05) is 38.4 Å². The number of H-pyrrole nitrogens is 1. The molecule has 1 aromatic carbocycles. The Kier molecular flexibility index (Phi) is 6.84. The van der Waals surface area contributed by atoms with Crippen molar-refractivity contribution in [1.82, 2.24) is 15.3 Å². The van der Waals surface area contributed by atoms with Gasteiger partial charge in [-0.3, -0.25) is 4.57 Å². The van der Waals surface area contributed by atoms with Gasteiger partial charge >= 0.3 is 7.60 Å². The number of nitrogens with zero attached hydrogens (tertiary/aromatic N) is 2. The summed E-state index contributed by atoms with van der Waals surface area (Å²) in [6.45, 7) is 5.58. The topological polar surface area (TPSA) is 99.6 Å². The molecule has 9 heteroatoms. The number of hydrogen-bond donors (Lipinski definition) is 3. The van der Waals surface area contributed by atoms with E-state index in [1.165, 1.54) is 11.8 Å². The number of aliphatic imine (C=N–C) groups is 1. The maximum absolute atomic E-state index is 12.5. The van der Waals surface area contributed by atoms with Crippen molar-refractivity contribution in [1.29, 1.82) is 0 Å². The highest BCUT2D eigenvalue weighted by molar-refractivity contribution is 7.99. The molecule has 0 saturated heterocycles. The molecular formula is C16H23N4O3PS. The third-order valence-electron chi connectivity index (χ3n) is 3.47. The van der Waals surface area contributed by atoms with Crippen LogP contribution in [0.1, 0.15) is 19.4 Å². The number of thioether (sulfide) groups is 1. The van der Waals surface area contributed by atoms with Gasteiger partial charge in [0.15, 0.2) is 0 Å². The molecule has 1 heterocycles. The monoisotopic (exact) mass is 382 g/mol. The Hall–Kier alpha value is -1.60. The molecule has 7 nitrogen and oxygen atoms in total. The number of imidazole rings is 1. The van der Waals surface area contributed by atoms with Gasteiger partial charge in [0.1, 0.15) is 0 Å². The van der Waals surface area contributed by atoms with Crippen molar-refractivity contribution in [3.8, 4) is 11.3 Å². The molecule has 2 rings (SSSR count). The molecule has 0 bridgehead atoms. The fourth-order valence-corrected chi connectivity index (χ4v) is 3.51. The van der Waals surface area contributed by atoms with Gasteiger partial charge in [0, 0.05) is 11.8 Å². The summed E-state index contributed by atoms with van der Waals surface area (Å²) in [5.74, 6) is 0. The quantitative estimate of drug-likeness (QED) is 0.291. The second kappa shape index (κ2) is 8.67. The average molecular weight is 382 g/mol. The summed E-state index contributed by atoms with van der Waals surface area (Å²) >= 11 is 1.51. The molecule has 2 atom stereocenters. The Morgan fingerprint density at radius 2 is 2.32 bits per heavy atom. The van der Waals surface area contributed by atoms with Gasteiger partial charge in [-0.25, -0.2) is 9.98 Å². The molecule has 0 aliphatic rings. The summed E-state index contributed by atoms with van der Waals surface area (Å²) in [5.41, 5.74) is 3.20. The maximum Gasteiger partial charge on any atom is 0.393 e. The van der Waals surface area contributed by atoms with Crippen molar-refractivity contribution >= 4 is 30.6 Å². The van der Waals surface area contributed by atoms with E-state index in [1.54, 1.807) is 19.3 Å². The summed E-state index contributed by atoms with van der Waals surface area (Å²) in [6.07, 6.45) is 5.33. The van der Waals surface area contributed by atoms with Gasteiger partial charge in [0.05, 0.1) is 29.7 Å². The van der Waals surface area contributed by atoms with Crippen LogP contribution in [0.3, 0.4) is 0 Å². The second-order valence-electron chi connectivity index (χ2n) is 5.35. The van der Waals surface area contributed by atoms with E-state index in [-0.39, 0.29) is 17.6 Å². The predicted octanol–water partition coefficient (Wildman–Crippen LogP) is 3.89. The van der Waals surface area contributed by atoms with Crippen LogP contribution in [-0.2, 0) is 9.09 Å². The molecule has 25 heavy (non-hydrogen) atoms. The van der Waals surface area contributed by atoms with E-state index in [4.69, 9.17) is 4.52 Å². The van der Waals surface area contributed by atoms with Gasteiger partial charge in [-0.2, -0.15) is 0 Å². The summed E-state index contributed by atoms with van der Waals surface area (Å²) in [5, 5.41) is 2.89. The number of aromatic nitrogens is 2. The largest absolute Gasteiger partial charge is 0.393 e. The fourth-order valence-electron chi connectivity index (χ4n) is 2.13. The molecule has 2 unspecified atom stereocenters. The minimum absolute atomic E-state index is 0.0492. The van der Waals surface area contributed by atoms with Gasteiger partial charge in [0.25, 0.3) is 0 Å². The number of hydrogen-bond acceptors (Lipinski definition) is 5. The molecule has 0 amide bonds. The minimum atomic E-state index is -4.01. The Morgan fingerprint density at radius 3 is 2.88 bits per heavy atom. The molecule has 0 aliphatic carbocycles. The van der Waals surface area contributed by atoms with E-state index in [2.05, 4.69) is 20.3 Å². The first-order valence-corrected chi connectivity index (χ1v) is 10.7. The van der Waals surface area contributed by atoms with Crippen LogP contribution in [0.25, 0.3) is 11.3 Å². The van der Waals surface area contributed by atoms with Crippen LogP contribution < -0.4 is 5.32 Å². The molecule has 0 saturated carbocycles. The standard InChI is InChI=1S/C16H23N4O3PS/c1-5-23-24(21,22)16(19-12(3)25-4)20-14-7-6-13(8-11(14)2)15-9-17-10-18-15/h6-10,12H,5H2,1-4H3,(H,17,18)(H,19,20)(H,21,22). The van der Waals surface area contributed by atoms with Crippen molar-refractivity contribution in [2.45, 2.75) is 26.1 Å². The van der Waals surface area contributed by atoms with E-state index in [0.717, 1.165) is 16.8 Å². The number of aryl methyl sites for hydroxylation is 1. The molecule has 2 aromatic rings. The molecule has 3 N–H and O–H groups in total. The SMILES string of the molecule is CCOP(=O)(O)/C(=N/c1ccc(-c2c[nH]cn2)cc1C)NC(C)SC. The van der Waals surface area contributed by atoms with Crippen molar-refractivity contribution in [3.63, 3.8) is 0 Å². The van der Waals surface area contributed by atoms with Crippen LogP contribution in [0.15, 0.2) is 35.7 Å². The lowest BCUT2D eigenvalue weighted by Crippen LogP contribution is -2.30. The van der Waals surface area contributed by atoms with Crippen molar-refractivity contribution in [2.24, 2.45) is 4.99 Å². The van der Waals surface area contributed by atoms with Crippen molar-refractivity contribution in [3.05, 3.63) is 36.3 Å². The van der Waals surface area contributed by atoms with Crippen molar-refractivity contribution < 1.29 is 14.0 Å². The van der Waals surface area contributed by atoms with Crippen LogP contribution in [0, 0.1) is 6.92 Å². The van der Waals surface area contributed by atoms with Gasteiger partial charge in [-0.1, -0.05) is 6.07 Å². The molecule has 0 spiro atoms.